The number of benzene rings is 1. The smallest absolute Gasteiger partial charge is 0.243 e. The number of carbonyl (C=O) groups excluding carboxylic acids is 2. The van der Waals surface area contributed by atoms with Crippen LogP contribution in [0.15, 0.2) is 29.2 Å². The highest BCUT2D eigenvalue weighted by Gasteiger charge is 2.30. The van der Waals surface area contributed by atoms with Gasteiger partial charge in [0.1, 0.15) is 0 Å². The minimum atomic E-state index is -3.56. The topological polar surface area (TPSA) is 95.6 Å². The van der Waals surface area contributed by atoms with Crippen LogP contribution in [-0.4, -0.2) is 43.7 Å². The number of amides is 2. The standard InChI is InChI=1S/C18H27N3O4S/c1-13(2)19-18(23)12-15-8-10-21(11-9-15)26(24,25)17-6-4-16(5-7-17)20-14(3)22/h4-7,13,15H,8-12H2,1-3H3,(H,19,23)(H,20,22). The van der Waals surface area contributed by atoms with E-state index in [9.17, 15) is 18.0 Å². The molecule has 0 saturated carbocycles. The monoisotopic (exact) mass is 381 g/mol. The molecule has 1 aliphatic heterocycles. The van der Waals surface area contributed by atoms with Crippen LogP contribution < -0.4 is 10.6 Å². The Hall–Kier alpha value is -1.93. The molecule has 1 aliphatic rings. The van der Waals surface area contributed by atoms with Crippen LogP contribution in [0.1, 0.15) is 40.0 Å². The molecule has 1 fully saturated rings. The summed E-state index contributed by atoms with van der Waals surface area (Å²) in [5, 5.41) is 5.49. The second-order valence-electron chi connectivity index (χ2n) is 6.98. The predicted molar refractivity (Wildman–Crippen MR) is 100 cm³/mol. The lowest BCUT2D eigenvalue weighted by molar-refractivity contribution is -0.122. The molecule has 0 bridgehead atoms. The molecule has 0 atom stereocenters. The Morgan fingerprint density at radius 3 is 2.23 bits per heavy atom. The maximum Gasteiger partial charge on any atom is 0.243 e. The van der Waals surface area contributed by atoms with Crippen molar-refractivity contribution in [1.82, 2.24) is 9.62 Å². The minimum Gasteiger partial charge on any atom is -0.354 e. The van der Waals surface area contributed by atoms with Crippen molar-refractivity contribution in [3.8, 4) is 0 Å². The van der Waals surface area contributed by atoms with Crippen molar-refractivity contribution in [2.24, 2.45) is 5.92 Å². The van der Waals surface area contributed by atoms with E-state index < -0.39 is 10.0 Å². The van der Waals surface area contributed by atoms with Crippen molar-refractivity contribution in [1.29, 1.82) is 0 Å². The molecule has 2 rings (SSSR count). The Balaban J connectivity index is 1.95. The lowest BCUT2D eigenvalue weighted by atomic mass is 9.94. The Morgan fingerprint density at radius 1 is 1.15 bits per heavy atom. The zero-order valence-corrected chi connectivity index (χ0v) is 16.3. The van der Waals surface area contributed by atoms with Crippen LogP contribution in [-0.2, 0) is 19.6 Å². The van der Waals surface area contributed by atoms with Crippen molar-refractivity contribution in [2.75, 3.05) is 18.4 Å². The molecule has 1 heterocycles. The van der Waals surface area contributed by atoms with Gasteiger partial charge >= 0.3 is 0 Å². The molecule has 0 aliphatic carbocycles. The zero-order chi connectivity index (χ0) is 19.3. The summed E-state index contributed by atoms with van der Waals surface area (Å²) in [6.07, 6.45) is 1.79. The van der Waals surface area contributed by atoms with Gasteiger partial charge in [-0.3, -0.25) is 9.59 Å². The second kappa shape index (κ2) is 8.64. The first-order valence-corrected chi connectivity index (χ1v) is 10.3. The molecule has 0 spiro atoms. The average molecular weight is 381 g/mol. The summed E-state index contributed by atoms with van der Waals surface area (Å²) in [7, 11) is -3.56. The first-order chi connectivity index (χ1) is 12.2. The number of hydrogen-bond acceptors (Lipinski definition) is 4. The summed E-state index contributed by atoms with van der Waals surface area (Å²) < 4.78 is 27.0. The van der Waals surface area contributed by atoms with Crippen molar-refractivity contribution in [2.45, 2.75) is 51.0 Å². The third-order valence-corrected chi connectivity index (χ3v) is 6.22. The highest BCUT2D eigenvalue weighted by atomic mass is 32.2. The summed E-state index contributed by atoms with van der Waals surface area (Å²) in [5.74, 6) is 0.0291. The molecule has 0 radical (unpaired) electrons. The third-order valence-electron chi connectivity index (χ3n) is 4.31. The zero-order valence-electron chi connectivity index (χ0n) is 15.5. The molecular weight excluding hydrogens is 354 g/mol. The van der Waals surface area contributed by atoms with Crippen molar-refractivity contribution in [3.63, 3.8) is 0 Å². The Labute approximate surface area is 155 Å². The number of sulfonamides is 1. The summed E-state index contributed by atoms with van der Waals surface area (Å²) in [6, 6.07) is 6.28. The van der Waals surface area contributed by atoms with Gasteiger partial charge in [0.25, 0.3) is 0 Å². The van der Waals surface area contributed by atoms with E-state index in [1.807, 2.05) is 13.8 Å². The quantitative estimate of drug-likeness (QED) is 0.787. The molecule has 7 nitrogen and oxygen atoms in total. The van der Waals surface area contributed by atoms with E-state index in [-0.39, 0.29) is 28.7 Å². The molecule has 26 heavy (non-hydrogen) atoms. The van der Waals surface area contributed by atoms with E-state index in [2.05, 4.69) is 10.6 Å². The maximum absolute atomic E-state index is 12.8. The molecule has 2 amide bonds. The average Bonchev–Trinajstić information content (AvgIpc) is 2.54. The van der Waals surface area contributed by atoms with Crippen molar-refractivity contribution >= 4 is 27.5 Å². The van der Waals surface area contributed by atoms with Gasteiger partial charge in [0, 0.05) is 38.2 Å². The fourth-order valence-electron chi connectivity index (χ4n) is 3.06. The Bertz CT molecular complexity index is 736. The first-order valence-electron chi connectivity index (χ1n) is 8.85. The van der Waals surface area contributed by atoms with Gasteiger partial charge in [0.05, 0.1) is 4.90 Å². The lowest BCUT2D eigenvalue weighted by Crippen LogP contribution is -2.40. The van der Waals surface area contributed by atoms with Gasteiger partial charge in [-0.1, -0.05) is 0 Å². The predicted octanol–water partition coefficient (Wildman–Crippen LogP) is 1.96. The number of hydrogen-bond donors (Lipinski definition) is 2. The summed E-state index contributed by atoms with van der Waals surface area (Å²) in [6.45, 7) is 6.07. The van der Waals surface area contributed by atoms with E-state index in [0.29, 0.717) is 38.0 Å². The van der Waals surface area contributed by atoms with Gasteiger partial charge in [-0.25, -0.2) is 8.42 Å². The fraction of sp³-hybridized carbons (Fsp3) is 0.556. The Kier molecular flexibility index (Phi) is 6.77. The van der Waals surface area contributed by atoms with Gasteiger partial charge in [0.2, 0.25) is 21.8 Å². The van der Waals surface area contributed by atoms with Crippen LogP contribution in [0.2, 0.25) is 0 Å². The minimum absolute atomic E-state index is 0.0230. The van der Waals surface area contributed by atoms with Gasteiger partial charge < -0.3 is 10.6 Å². The third kappa shape index (κ3) is 5.54. The van der Waals surface area contributed by atoms with Gasteiger partial charge in [-0.2, -0.15) is 4.31 Å². The molecule has 144 valence electrons. The number of rotatable bonds is 6. The van der Waals surface area contributed by atoms with Crippen molar-refractivity contribution in [3.05, 3.63) is 24.3 Å². The number of anilines is 1. The fourth-order valence-corrected chi connectivity index (χ4v) is 4.53. The SMILES string of the molecule is CC(=O)Nc1ccc(S(=O)(=O)N2CCC(CC(=O)NC(C)C)CC2)cc1. The second-order valence-corrected chi connectivity index (χ2v) is 8.92. The molecular formula is C18H27N3O4S. The molecule has 8 heteroatoms. The van der Waals surface area contributed by atoms with E-state index in [1.165, 1.54) is 23.4 Å². The largest absolute Gasteiger partial charge is 0.354 e. The van der Waals surface area contributed by atoms with E-state index in [1.54, 1.807) is 12.1 Å². The molecule has 1 aromatic carbocycles. The normalized spacial score (nSPS) is 16.5. The summed E-state index contributed by atoms with van der Waals surface area (Å²) in [4.78, 5) is 23.1. The van der Waals surface area contributed by atoms with Crippen LogP contribution in [0.4, 0.5) is 5.69 Å². The van der Waals surface area contributed by atoms with Crippen LogP contribution >= 0.6 is 0 Å². The first kappa shape index (κ1) is 20.4. The van der Waals surface area contributed by atoms with Crippen LogP contribution in [0.25, 0.3) is 0 Å². The van der Waals surface area contributed by atoms with Crippen LogP contribution in [0, 0.1) is 5.92 Å². The molecule has 1 aromatic rings. The summed E-state index contributed by atoms with van der Waals surface area (Å²) in [5.41, 5.74) is 0.561. The maximum atomic E-state index is 12.8. The molecule has 1 saturated heterocycles. The van der Waals surface area contributed by atoms with Gasteiger partial charge in [-0.15, -0.1) is 0 Å². The highest BCUT2D eigenvalue weighted by Crippen LogP contribution is 2.26. The number of nitrogens with zero attached hydrogens (tertiary/aromatic N) is 1. The number of nitrogens with one attached hydrogen (secondary N) is 2. The van der Waals surface area contributed by atoms with Gasteiger partial charge in [0.15, 0.2) is 0 Å². The number of piperidine rings is 1. The van der Waals surface area contributed by atoms with E-state index in [4.69, 9.17) is 0 Å². The Morgan fingerprint density at radius 2 is 1.73 bits per heavy atom. The molecule has 0 unspecified atom stereocenters. The van der Waals surface area contributed by atoms with E-state index in [0.717, 1.165) is 0 Å². The van der Waals surface area contributed by atoms with Gasteiger partial charge in [-0.05, 0) is 56.9 Å². The molecule has 2 N–H and O–H groups in total. The highest BCUT2D eigenvalue weighted by molar-refractivity contribution is 7.89. The molecule has 0 aromatic heterocycles. The van der Waals surface area contributed by atoms with Crippen LogP contribution in [0.5, 0.6) is 0 Å². The van der Waals surface area contributed by atoms with E-state index >= 15 is 0 Å². The lowest BCUT2D eigenvalue weighted by Gasteiger charge is -2.31. The summed E-state index contributed by atoms with van der Waals surface area (Å²) >= 11 is 0. The van der Waals surface area contributed by atoms with Crippen LogP contribution in [0.3, 0.4) is 0 Å². The number of carbonyl (C=O) groups is 2. The van der Waals surface area contributed by atoms with Crippen molar-refractivity contribution < 1.29 is 18.0 Å².